The quantitative estimate of drug-likeness (QED) is 0.298. The van der Waals surface area contributed by atoms with Crippen molar-refractivity contribution in [1.82, 2.24) is 0 Å². The van der Waals surface area contributed by atoms with Crippen LogP contribution >= 0.6 is 0 Å². The lowest BCUT2D eigenvalue weighted by Crippen LogP contribution is -2.66. The summed E-state index contributed by atoms with van der Waals surface area (Å²) in [6, 6.07) is 0. The molecule has 2 N–H and O–H groups in total. The van der Waals surface area contributed by atoms with E-state index in [-0.39, 0.29) is 25.4 Å². The smallest absolute Gasteiger partial charge is 0.335 e. The first-order chi connectivity index (χ1) is 18.0. The van der Waals surface area contributed by atoms with Crippen LogP contribution < -0.4 is 0 Å². The second-order valence-corrected chi connectivity index (χ2v) is 11.9. The van der Waals surface area contributed by atoms with Gasteiger partial charge in [0.05, 0.1) is 30.3 Å². The van der Waals surface area contributed by atoms with Crippen molar-refractivity contribution in [2.75, 3.05) is 19.8 Å². The summed E-state index contributed by atoms with van der Waals surface area (Å²) in [5.74, 6) is -1.60. The van der Waals surface area contributed by atoms with E-state index in [0.29, 0.717) is 25.9 Å². The number of esters is 2. The fourth-order valence-corrected chi connectivity index (χ4v) is 7.04. The summed E-state index contributed by atoms with van der Waals surface area (Å²) in [5, 5.41) is 20.8. The lowest BCUT2D eigenvalue weighted by atomic mass is 9.51. The number of allylic oxidation sites excluding steroid dienone is 3. The molecule has 0 aromatic heterocycles. The Bertz CT molecular complexity index is 1030. The van der Waals surface area contributed by atoms with E-state index >= 15 is 0 Å². The minimum absolute atomic E-state index is 0.0195. The molecule has 3 unspecified atom stereocenters. The van der Waals surface area contributed by atoms with E-state index in [1.165, 1.54) is 11.6 Å². The van der Waals surface area contributed by atoms with Gasteiger partial charge in [0.1, 0.15) is 24.4 Å². The molecule has 3 aliphatic heterocycles. The van der Waals surface area contributed by atoms with Crippen molar-refractivity contribution in [3.8, 4) is 0 Å². The van der Waals surface area contributed by atoms with Gasteiger partial charge in [0, 0.05) is 24.5 Å². The van der Waals surface area contributed by atoms with Crippen molar-refractivity contribution in [3.05, 3.63) is 36.0 Å². The number of carbonyl (C=O) groups excluding carboxylic acids is 2. The normalized spacial score (nSPS) is 48.0. The number of ether oxygens (including phenoxy) is 5. The van der Waals surface area contributed by atoms with Crippen molar-refractivity contribution in [2.45, 2.75) is 95.6 Å². The van der Waals surface area contributed by atoms with Crippen LogP contribution in [0.3, 0.4) is 0 Å². The Morgan fingerprint density at radius 1 is 1.16 bits per heavy atom. The van der Waals surface area contributed by atoms with Crippen LogP contribution in [0.15, 0.2) is 36.0 Å². The standard InChI is InChI=1S/C29H40O9/c1-17-9-11-28-15-35-26(33)25(32)18(2)10-12-34-20(19(3)30)7-5-6-8-24(31)38-21-14-23(37-22(28)13-17)29(16-36-29)27(21,28)4/h5-8,13,18-23,25,30,32H,9-12,14-16H2,1-4H3/b7-5-,8-6+/t18-,19+,20-,21+,22?,23?,25+,27-,28?,29-/m1/s1. The Labute approximate surface area is 223 Å². The lowest BCUT2D eigenvalue weighted by Gasteiger charge is -2.58. The highest BCUT2D eigenvalue weighted by Crippen LogP contribution is 2.72. The molecule has 9 heteroatoms. The number of hydrogen-bond acceptors (Lipinski definition) is 9. The van der Waals surface area contributed by atoms with Crippen LogP contribution in [0, 0.1) is 16.7 Å². The molecule has 3 heterocycles. The van der Waals surface area contributed by atoms with Crippen molar-refractivity contribution in [3.63, 3.8) is 0 Å². The van der Waals surface area contributed by atoms with Gasteiger partial charge in [-0.1, -0.05) is 43.7 Å². The summed E-state index contributed by atoms with van der Waals surface area (Å²) in [6.07, 6.45) is 6.89. The van der Waals surface area contributed by atoms with E-state index in [9.17, 15) is 19.8 Å². The molecule has 10 atom stereocenters. The van der Waals surface area contributed by atoms with E-state index in [0.717, 1.165) is 6.42 Å². The topological polar surface area (TPSA) is 124 Å². The zero-order valence-electron chi connectivity index (χ0n) is 22.6. The van der Waals surface area contributed by atoms with Crippen LogP contribution in [-0.4, -0.2) is 84.2 Å². The van der Waals surface area contributed by atoms with E-state index in [1.807, 2.05) is 0 Å². The van der Waals surface area contributed by atoms with Gasteiger partial charge in [-0.05, 0) is 39.0 Å². The highest BCUT2D eigenvalue weighted by atomic mass is 16.6. The Kier molecular flexibility index (Phi) is 7.37. The molecule has 9 nitrogen and oxygen atoms in total. The van der Waals surface area contributed by atoms with Gasteiger partial charge >= 0.3 is 11.9 Å². The monoisotopic (exact) mass is 532 g/mol. The molecule has 2 bridgehead atoms. The van der Waals surface area contributed by atoms with Crippen LogP contribution in [0.1, 0.15) is 53.4 Å². The van der Waals surface area contributed by atoms with Gasteiger partial charge in [-0.2, -0.15) is 0 Å². The molecule has 5 aliphatic rings. The Hall–Kier alpha value is -2.04. The number of rotatable bonds is 1. The van der Waals surface area contributed by atoms with Crippen LogP contribution in [0.25, 0.3) is 0 Å². The minimum atomic E-state index is -1.33. The van der Waals surface area contributed by atoms with E-state index in [1.54, 1.807) is 32.1 Å². The maximum absolute atomic E-state index is 13.1. The molecule has 2 saturated heterocycles. The molecule has 1 saturated carbocycles. The third-order valence-electron chi connectivity index (χ3n) is 9.73. The largest absolute Gasteiger partial charge is 0.463 e. The van der Waals surface area contributed by atoms with Crippen LogP contribution in [-0.2, 0) is 33.3 Å². The fourth-order valence-electron chi connectivity index (χ4n) is 7.04. The molecule has 0 aromatic carbocycles. The average Bonchev–Trinajstić information content (AvgIpc) is 3.65. The number of cyclic esters (lactones) is 1. The van der Waals surface area contributed by atoms with Gasteiger partial charge < -0.3 is 33.9 Å². The molecular formula is C29H40O9. The zero-order chi connectivity index (χ0) is 27.3. The predicted octanol–water partition coefficient (Wildman–Crippen LogP) is 2.39. The van der Waals surface area contributed by atoms with Gasteiger partial charge in [-0.3, -0.25) is 0 Å². The second kappa shape index (κ2) is 10.2. The first-order valence-corrected chi connectivity index (χ1v) is 13.7. The predicted molar refractivity (Wildman–Crippen MR) is 136 cm³/mol. The Morgan fingerprint density at radius 3 is 2.63 bits per heavy atom. The molecule has 0 amide bonds. The van der Waals surface area contributed by atoms with Gasteiger partial charge in [0.15, 0.2) is 6.10 Å². The van der Waals surface area contributed by atoms with E-state index in [2.05, 4.69) is 19.9 Å². The summed E-state index contributed by atoms with van der Waals surface area (Å²) >= 11 is 0. The first-order valence-electron chi connectivity index (χ1n) is 13.7. The molecule has 2 spiro atoms. The summed E-state index contributed by atoms with van der Waals surface area (Å²) in [5.41, 5.74) is -0.771. The third kappa shape index (κ3) is 4.36. The summed E-state index contributed by atoms with van der Waals surface area (Å²) in [4.78, 5) is 26.0. The van der Waals surface area contributed by atoms with E-state index in [4.69, 9.17) is 23.7 Å². The number of aliphatic hydroxyl groups is 2. The molecular weight excluding hydrogens is 492 g/mol. The first kappa shape index (κ1) is 27.5. The highest BCUT2D eigenvalue weighted by Gasteiger charge is 2.83. The van der Waals surface area contributed by atoms with Gasteiger partial charge in [0.2, 0.25) is 0 Å². The Balaban J connectivity index is 1.51. The van der Waals surface area contributed by atoms with Crippen LogP contribution in [0.2, 0.25) is 0 Å². The number of hydrogen-bond donors (Lipinski definition) is 2. The van der Waals surface area contributed by atoms with Crippen LogP contribution in [0.4, 0.5) is 0 Å². The van der Waals surface area contributed by atoms with Crippen LogP contribution in [0.5, 0.6) is 0 Å². The summed E-state index contributed by atoms with van der Waals surface area (Å²) in [6.45, 7) is 8.27. The molecule has 0 aromatic rings. The van der Waals surface area contributed by atoms with Crippen molar-refractivity contribution < 1.29 is 43.5 Å². The van der Waals surface area contributed by atoms with Crippen molar-refractivity contribution in [2.24, 2.45) is 16.7 Å². The maximum atomic E-state index is 13.1. The fraction of sp³-hybridized carbons (Fsp3) is 0.724. The number of epoxide rings is 1. The Morgan fingerprint density at radius 2 is 1.92 bits per heavy atom. The molecule has 0 radical (unpaired) electrons. The lowest BCUT2D eigenvalue weighted by molar-refractivity contribution is -0.234. The van der Waals surface area contributed by atoms with Gasteiger partial charge in [-0.15, -0.1) is 0 Å². The maximum Gasteiger partial charge on any atom is 0.335 e. The third-order valence-corrected chi connectivity index (χ3v) is 9.73. The minimum Gasteiger partial charge on any atom is -0.463 e. The highest BCUT2D eigenvalue weighted by molar-refractivity contribution is 5.82. The summed E-state index contributed by atoms with van der Waals surface area (Å²) < 4.78 is 30.4. The second-order valence-electron chi connectivity index (χ2n) is 11.9. The van der Waals surface area contributed by atoms with Gasteiger partial charge in [-0.25, -0.2) is 9.59 Å². The molecule has 210 valence electrons. The SMILES string of the molecule is CC1=CC2OC3C[C@@H]4OC(=O)/C=C/C=C\[C@H]([C@H](C)O)OCC[C@@H](C)[C@H](O)C(=O)OCC2(CC1)[C@]4(C)[C@@]31CO1. The molecule has 38 heavy (non-hydrogen) atoms. The molecule has 2 aliphatic carbocycles. The molecule has 5 rings (SSSR count). The molecule has 3 fully saturated rings. The van der Waals surface area contributed by atoms with Crippen molar-refractivity contribution >= 4 is 11.9 Å². The number of carbonyl (C=O) groups is 2. The van der Waals surface area contributed by atoms with Crippen molar-refractivity contribution in [1.29, 1.82) is 0 Å². The zero-order valence-corrected chi connectivity index (χ0v) is 22.6. The van der Waals surface area contributed by atoms with E-state index < -0.39 is 58.7 Å². The average molecular weight is 533 g/mol. The number of aliphatic hydroxyl groups excluding tert-OH is 2. The van der Waals surface area contributed by atoms with Gasteiger partial charge in [0.25, 0.3) is 0 Å². The summed E-state index contributed by atoms with van der Waals surface area (Å²) in [7, 11) is 0.